The largest absolute Gasteiger partial charge is 0.259 e. The zero-order valence-corrected chi connectivity index (χ0v) is 9.18. The molecule has 2 aromatic rings. The summed E-state index contributed by atoms with van der Waals surface area (Å²) in [5.74, 6) is 0.725. The molecular weight excluding hydrogens is 222 g/mol. The van der Waals surface area contributed by atoms with E-state index in [1.54, 1.807) is 11.8 Å². The van der Waals surface area contributed by atoms with E-state index in [2.05, 4.69) is 31.7 Å². The monoisotopic (exact) mass is 231 g/mol. The van der Waals surface area contributed by atoms with Crippen LogP contribution in [0.2, 0.25) is 0 Å². The molecule has 80 valence electrons. The third-order valence-electron chi connectivity index (χ3n) is 2.30. The number of hydrogen-bond donors (Lipinski definition) is 1. The molecule has 3 rings (SSSR count). The first-order valence-electron chi connectivity index (χ1n) is 4.94. The van der Waals surface area contributed by atoms with Crippen LogP contribution in [0.15, 0.2) is 34.2 Å². The van der Waals surface area contributed by atoms with Crippen molar-refractivity contribution in [2.45, 2.75) is 16.6 Å². The summed E-state index contributed by atoms with van der Waals surface area (Å²) in [7, 11) is 0. The number of benzene rings is 1. The minimum absolute atomic E-state index is 0.285. The number of aromatic amines is 1. The van der Waals surface area contributed by atoms with Crippen LogP contribution in [0.3, 0.4) is 0 Å². The number of para-hydroxylation sites is 1. The summed E-state index contributed by atoms with van der Waals surface area (Å²) in [4.78, 5) is 5.63. The SMILES string of the molecule is C1=Nc2ccccc2SC1Cc1nn[nH]n1. The molecule has 1 aliphatic rings. The Bertz CT molecular complexity index is 508. The maximum absolute atomic E-state index is 4.42. The number of hydrogen-bond acceptors (Lipinski definition) is 5. The van der Waals surface area contributed by atoms with Gasteiger partial charge in [-0.3, -0.25) is 4.99 Å². The van der Waals surface area contributed by atoms with Crippen molar-refractivity contribution in [3.8, 4) is 0 Å². The average Bonchev–Trinajstić information content (AvgIpc) is 2.82. The predicted molar refractivity (Wildman–Crippen MR) is 62.1 cm³/mol. The van der Waals surface area contributed by atoms with Crippen LogP contribution in [-0.4, -0.2) is 32.1 Å². The van der Waals surface area contributed by atoms with Crippen molar-refractivity contribution < 1.29 is 0 Å². The molecule has 16 heavy (non-hydrogen) atoms. The third-order valence-corrected chi connectivity index (χ3v) is 3.49. The van der Waals surface area contributed by atoms with Gasteiger partial charge in [-0.1, -0.05) is 17.3 Å². The Morgan fingerprint density at radius 3 is 3.12 bits per heavy atom. The van der Waals surface area contributed by atoms with Crippen molar-refractivity contribution in [3.05, 3.63) is 30.1 Å². The minimum Gasteiger partial charge on any atom is -0.259 e. The van der Waals surface area contributed by atoms with E-state index >= 15 is 0 Å². The van der Waals surface area contributed by atoms with Gasteiger partial charge in [0.05, 0.1) is 10.9 Å². The zero-order valence-electron chi connectivity index (χ0n) is 8.37. The second-order valence-corrected chi connectivity index (χ2v) is 4.72. The second-order valence-electron chi connectivity index (χ2n) is 3.43. The van der Waals surface area contributed by atoms with Crippen LogP contribution in [0.25, 0.3) is 0 Å². The molecule has 1 aromatic heterocycles. The molecule has 6 heteroatoms. The first-order valence-corrected chi connectivity index (χ1v) is 5.82. The van der Waals surface area contributed by atoms with E-state index in [-0.39, 0.29) is 5.25 Å². The van der Waals surface area contributed by atoms with Gasteiger partial charge in [0.2, 0.25) is 0 Å². The number of thioether (sulfide) groups is 1. The fraction of sp³-hybridized carbons (Fsp3) is 0.200. The number of aliphatic imine (C=N–C) groups is 1. The maximum atomic E-state index is 4.42. The molecule has 0 saturated heterocycles. The highest BCUT2D eigenvalue weighted by atomic mass is 32.2. The van der Waals surface area contributed by atoms with Gasteiger partial charge in [-0.2, -0.15) is 5.21 Å². The molecule has 0 bridgehead atoms. The van der Waals surface area contributed by atoms with Gasteiger partial charge in [0, 0.05) is 17.5 Å². The van der Waals surface area contributed by atoms with Crippen LogP contribution >= 0.6 is 11.8 Å². The number of tetrazole rings is 1. The van der Waals surface area contributed by atoms with Crippen LogP contribution in [-0.2, 0) is 6.42 Å². The second kappa shape index (κ2) is 4.05. The Kier molecular flexibility index (Phi) is 2.41. The lowest BCUT2D eigenvalue weighted by atomic mass is 10.3. The zero-order chi connectivity index (χ0) is 10.8. The van der Waals surface area contributed by atoms with Gasteiger partial charge in [-0.05, 0) is 12.1 Å². The van der Waals surface area contributed by atoms with Crippen molar-refractivity contribution in [1.82, 2.24) is 20.6 Å². The van der Waals surface area contributed by atoms with Gasteiger partial charge in [0.15, 0.2) is 5.82 Å². The Hall–Kier alpha value is -1.69. The van der Waals surface area contributed by atoms with Crippen LogP contribution in [0.1, 0.15) is 5.82 Å². The molecule has 0 radical (unpaired) electrons. The lowest BCUT2D eigenvalue weighted by Crippen LogP contribution is -2.12. The van der Waals surface area contributed by atoms with Crippen LogP contribution in [0, 0.1) is 0 Å². The number of rotatable bonds is 2. The lowest BCUT2D eigenvalue weighted by molar-refractivity contribution is 0.881. The molecule has 0 saturated carbocycles. The Morgan fingerprint density at radius 2 is 2.25 bits per heavy atom. The molecule has 1 atom stereocenters. The smallest absolute Gasteiger partial charge is 0.176 e. The summed E-state index contributed by atoms with van der Waals surface area (Å²) in [6, 6.07) is 8.12. The van der Waals surface area contributed by atoms with E-state index in [4.69, 9.17) is 0 Å². The normalized spacial score (nSPS) is 18.4. The first kappa shape index (κ1) is 9.53. The van der Waals surface area contributed by atoms with Crippen molar-refractivity contribution in [2.75, 3.05) is 0 Å². The van der Waals surface area contributed by atoms with Crippen LogP contribution in [0.4, 0.5) is 5.69 Å². The molecule has 1 N–H and O–H groups in total. The third kappa shape index (κ3) is 1.83. The highest BCUT2D eigenvalue weighted by Crippen LogP contribution is 2.36. The fourth-order valence-corrected chi connectivity index (χ4v) is 2.64. The Morgan fingerprint density at radius 1 is 1.31 bits per heavy atom. The molecule has 2 heterocycles. The maximum Gasteiger partial charge on any atom is 0.176 e. The highest BCUT2D eigenvalue weighted by Gasteiger charge is 2.17. The van der Waals surface area contributed by atoms with E-state index in [9.17, 15) is 0 Å². The first-order chi connectivity index (χ1) is 7.92. The summed E-state index contributed by atoms with van der Waals surface area (Å²) >= 11 is 1.78. The Balaban J connectivity index is 1.78. The van der Waals surface area contributed by atoms with E-state index in [0.29, 0.717) is 0 Å². The number of fused-ring (bicyclic) bond motifs is 1. The number of nitrogens with one attached hydrogen (secondary N) is 1. The van der Waals surface area contributed by atoms with Crippen LogP contribution < -0.4 is 0 Å². The van der Waals surface area contributed by atoms with E-state index in [0.717, 1.165) is 17.9 Å². The average molecular weight is 231 g/mol. The molecule has 0 amide bonds. The standard InChI is InChI=1S/C10H9N5S/c1-2-4-9-8(3-1)11-6-7(16-9)5-10-12-14-15-13-10/h1-4,6-7H,5H2,(H,12,13,14,15). The van der Waals surface area contributed by atoms with Gasteiger partial charge in [-0.25, -0.2) is 0 Å². The van der Waals surface area contributed by atoms with Gasteiger partial charge >= 0.3 is 0 Å². The highest BCUT2D eigenvalue weighted by molar-refractivity contribution is 8.00. The molecular formula is C10H9N5S. The van der Waals surface area contributed by atoms with Gasteiger partial charge in [0.1, 0.15) is 0 Å². The summed E-state index contributed by atoms with van der Waals surface area (Å²) in [6.45, 7) is 0. The van der Waals surface area contributed by atoms with E-state index < -0.39 is 0 Å². The number of nitrogens with zero attached hydrogens (tertiary/aromatic N) is 4. The summed E-state index contributed by atoms with van der Waals surface area (Å²) in [5.41, 5.74) is 1.04. The molecule has 5 nitrogen and oxygen atoms in total. The van der Waals surface area contributed by atoms with Gasteiger partial charge in [-0.15, -0.1) is 22.0 Å². The number of aromatic nitrogens is 4. The molecule has 1 aromatic carbocycles. The lowest BCUT2D eigenvalue weighted by Gasteiger charge is -2.16. The van der Waals surface area contributed by atoms with Crippen molar-refractivity contribution >= 4 is 23.7 Å². The van der Waals surface area contributed by atoms with Gasteiger partial charge < -0.3 is 0 Å². The van der Waals surface area contributed by atoms with Crippen molar-refractivity contribution in [1.29, 1.82) is 0 Å². The predicted octanol–water partition coefficient (Wildman–Crippen LogP) is 1.62. The topological polar surface area (TPSA) is 66.8 Å². The fourth-order valence-electron chi connectivity index (χ4n) is 1.56. The molecule has 0 spiro atoms. The summed E-state index contributed by atoms with van der Waals surface area (Å²) in [6.07, 6.45) is 2.70. The molecule has 0 fully saturated rings. The molecule has 1 aliphatic heterocycles. The minimum atomic E-state index is 0.285. The van der Waals surface area contributed by atoms with Crippen LogP contribution in [0.5, 0.6) is 0 Å². The quantitative estimate of drug-likeness (QED) is 0.852. The van der Waals surface area contributed by atoms with E-state index in [1.165, 1.54) is 4.90 Å². The number of H-pyrrole nitrogens is 1. The molecule has 0 aliphatic carbocycles. The Labute approximate surface area is 96.4 Å². The van der Waals surface area contributed by atoms with E-state index in [1.807, 2.05) is 24.4 Å². The van der Waals surface area contributed by atoms with Gasteiger partial charge in [0.25, 0.3) is 0 Å². The summed E-state index contributed by atoms with van der Waals surface area (Å²) in [5, 5.41) is 14.2. The van der Waals surface area contributed by atoms with Crippen molar-refractivity contribution in [3.63, 3.8) is 0 Å². The molecule has 1 unspecified atom stereocenters. The van der Waals surface area contributed by atoms with Crippen molar-refractivity contribution in [2.24, 2.45) is 4.99 Å². The summed E-state index contributed by atoms with van der Waals surface area (Å²) < 4.78 is 0.